The number of para-hydroxylation sites is 1. The van der Waals surface area contributed by atoms with Gasteiger partial charge in [0.2, 0.25) is 0 Å². The topological polar surface area (TPSA) is 30.5 Å². The molecule has 1 aromatic carbocycles. The van der Waals surface area contributed by atoms with Gasteiger partial charge in [-0.05, 0) is 18.9 Å². The van der Waals surface area contributed by atoms with Gasteiger partial charge in [0, 0.05) is 18.2 Å². The predicted molar refractivity (Wildman–Crippen MR) is 68.4 cm³/mol. The largest absolute Gasteiger partial charge is 0.434 e. The summed E-state index contributed by atoms with van der Waals surface area (Å²) in [6.07, 6.45) is -0.262. The Labute approximate surface area is 111 Å². The third-order valence-corrected chi connectivity index (χ3v) is 3.52. The first-order valence-electron chi connectivity index (χ1n) is 6.46. The zero-order valence-electron chi connectivity index (χ0n) is 11.1. The quantitative estimate of drug-likeness (QED) is 0.916. The Hall–Kier alpha value is -1.20. The van der Waals surface area contributed by atoms with E-state index in [2.05, 4.69) is 23.9 Å². The van der Waals surface area contributed by atoms with Crippen LogP contribution in [0.2, 0.25) is 0 Å². The summed E-state index contributed by atoms with van der Waals surface area (Å²) in [6, 6.07) is 7.13. The van der Waals surface area contributed by atoms with Crippen molar-refractivity contribution >= 4 is 0 Å². The second-order valence-electron chi connectivity index (χ2n) is 4.91. The Morgan fingerprint density at radius 3 is 2.79 bits per heavy atom. The van der Waals surface area contributed by atoms with Crippen LogP contribution in [0.15, 0.2) is 24.3 Å². The lowest BCUT2D eigenvalue weighted by Crippen LogP contribution is -2.32. The SMILES string of the molecule is CC1COC(c2ccccc2OC(F)F)CNC1C. The number of hydrogen-bond acceptors (Lipinski definition) is 3. The maximum absolute atomic E-state index is 12.4. The molecule has 0 spiro atoms. The number of ether oxygens (including phenoxy) is 2. The summed E-state index contributed by atoms with van der Waals surface area (Å²) in [5.41, 5.74) is 0.664. The Morgan fingerprint density at radius 1 is 1.32 bits per heavy atom. The summed E-state index contributed by atoms with van der Waals surface area (Å²) < 4.78 is 35.1. The van der Waals surface area contributed by atoms with Crippen LogP contribution in [0, 0.1) is 5.92 Å². The third-order valence-electron chi connectivity index (χ3n) is 3.52. The lowest BCUT2D eigenvalue weighted by Gasteiger charge is -2.19. The fourth-order valence-electron chi connectivity index (χ4n) is 2.11. The van der Waals surface area contributed by atoms with E-state index in [0.29, 0.717) is 30.7 Å². The summed E-state index contributed by atoms with van der Waals surface area (Å²) in [4.78, 5) is 0. The molecule has 0 aliphatic carbocycles. The minimum absolute atomic E-state index is 0.187. The molecule has 1 aliphatic rings. The molecular formula is C14H19F2NO2. The van der Waals surface area contributed by atoms with Crippen molar-refractivity contribution in [3.63, 3.8) is 0 Å². The number of nitrogens with one attached hydrogen (secondary N) is 1. The highest BCUT2D eigenvalue weighted by Crippen LogP contribution is 2.30. The van der Waals surface area contributed by atoms with E-state index in [-0.39, 0.29) is 11.9 Å². The Balaban J connectivity index is 2.16. The van der Waals surface area contributed by atoms with Crippen LogP contribution in [0.5, 0.6) is 5.75 Å². The van der Waals surface area contributed by atoms with E-state index in [1.165, 1.54) is 0 Å². The van der Waals surface area contributed by atoms with Gasteiger partial charge < -0.3 is 14.8 Å². The van der Waals surface area contributed by atoms with Crippen LogP contribution in [-0.4, -0.2) is 25.8 Å². The number of alkyl halides is 2. The standard InChI is InChI=1S/C14H19F2NO2/c1-9-8-18-13(7-17-10(9)2)11-5-3-4-6-12(11)19-14(15)16/h3-6,9-10,13-14,17H,7-8H2,1-2H3. The summed E-state index contributed by atoms with van der Waals surface area (Å²) >= 11 is 0. The van der Waals surface area contributed by atoms with Crippen LogP contribution >= 0.6 is 0 Å². The van der Waals surface area contributed by atoms with Gasteiger partial charge in [-0.1, -0.05) is 25.1 Å². The average Bonchev–Trinajstić information content (AvgIpc) is 2.53. The second-order valence-corrected chi connectivity index (χ2v) is 4.91. The molecule has 0 aromatic heterocycles. The molecule has 1 fully saturated rings. The number of halogens is 2. The van der Waals surface area contributed by atoms with Gasteiger partial charge >= 0.3 is 6.61 Å². The van der Waals surface area contributed by atoms with Crippen molar-refractivity contribution in [3.8, 4) is 5.75 Å². The minimum Gasteiger partial charge on any atom is -0.434 e. The van der Waals surface area contributed by atoms with Gasteiger partial charge in [0.25, 0.3) is 0 Å². The van der Waals surface area contributed by atoms with E-state index in [9.17, 15) is 8.78 Å². The number of hydrogen-bond donors (Lipinski definition) is 1. The van der Waals surface area contributed by atoms with E-state index in [0.717, 1.165) is 0 Å². The molecule has 1 saturated heterocycles. The van der Waals surface area contributed by atoms with Gasteiger partial charge in [0.05, 0.1) is 12.7 Å². The van der Waals surface area contributed by atoms with Crippen molar-refractivity contribution < 1.29 is 18.3 Å². The Morgan fingerprint density at radius 2 is 2.05 bits per heavy atom. The molecule has 19 heavy (non-hydrogen) atoms. The van der Waals surface area contributed by atoms with Crippen molar-refractivity contribution in [1.82, 2.24) is 5.32 Å². The second kappa shape index (κ2) is 6.30. The molecule has 1 aromatic rings. The normalized spacial score (nSPS) is 28.2. The highest BCUT2D eigenvalue weighted by molar-refractivity contribution is 5.35. The van der Waals surface area contributed by atoms with Crippen LogP contribution in [0.4, 0.5) is 8.78 Å². The lowest BCUT2D eigenvalue weighted by molar-refractivity contribution is -0.0526. The highest BCUT2D eigenvalue weighted by Gasteiger charge is 2.25. The van der Waals surface area contributed by atoms with Gasteiger partial charge in [0.1, 0.15) is 5.75 Å². The first kappa shape index (κ1) is 14.2. The molecule has 5 heteroatoms. The van der Waals surface area contributed by atoms with Crippen molar-refractivity contribution in [2.75, 3.05) is 13.2 Å². The minimum atomic E-state index is -2.82. The molecule has 1 heterocycles. The molecular weight excluding hydrogens is 252 g/mol. The molecule has 3 unspecified atom stereocenters. The molecule has 0 bridgehead atoms. The summed E-state index contributed by atoms with van der Waals surface area (Å²) in [6.45, 7) is 2.56. The summed E-state index contributed by atoms with van der Waals surface area (Å²) in [5, 5.41) is 3.36. The molecule has 0 amide bonds. The molecule has 3 nitrogen and oxygen atoms in total. The van der Waals surface area contributed by atoms with Crippen LogP contribution in [0.25, 0.3) is 0 Å². The first-order valence-corrected chi connectivity index (χ1v) is 6.46. The Kier molecular flexibility index (Phi) is 4.71. The van der Waals surface area contributed by atoms with Crippen LogP contribution in [-0.2, 0) is 4.74 Å². The van der Waals surface area contributed by atoms with Crippen LogP contribution in [0.3, 0.4) is 0 Å². The van der Waals surface area contributed by atoms with E-state index in [4.69, 9.17) is 4.74 Å². The monoisotopic (exact) mass is 271 g/mol. The maximum atomic E-state index is 12.4. The van der Waals surface area contributed by atoms with E-state index in [1.807, 2.05) is 0 Å². The molecule has 1 N–H and O–H groups in total. The molecule has 106 valence electrons. The highest BCUT2D eigenvalue weighted by atomic mass is 19.3. The van der Waals surface area contributed by atoms with E-state index < -0.39 is 6.61 Å². The van der Waals surface area contributed by atoms with Gasteiger partial charge in [-0.15, -0.1) is 0 Å². The van der Waals surface area contributed by atoms with Gasteiger partial charge in [-0.25, -0.2) is 0 Å². The number of benzene rings is 1. The smallest absolute Gasteiger partial charge is 0.387 e. The lowest BCUT2D eigenvalue weighted by atomic mass is 10.1. The Bertz CT molecular complexity index is 402. The molecule has 1 aliphatic heterocycles. The van der Waals surface area contributed by atoms with Crippen molar-refractivity contribution in [2.45, 2.75) is 32.6 Å². The fourth-order valence-corrected chi connectivity index (χ4v) is 2.11. The molecule has 0 radical (unpaired) electrons. The van der Waals surface area contributed by atoms with Gasteiger partial charge in [-0.2, -0.15) is 8.78 Å². The van der Waals surface area contributed by atoms with Gasteiger partial charge in [-0.3, -0.25) is 0 Å². The van der Waals surface area contributed by atoms with Gasteiger partial charge in [0.15, 0.2) is 0 Å². The zero-order valence-corrected chi connectivity index (χ0v) is 11.1. The zero-order chi connectivity index (χ0) is 13.8. The first-order chi connectivity index (χ1) is 9.08. The van der Waals surface area contributed by atoms with E-state index >= 15 is 0 Å². The van der Waals surface area contributed by atoms with Crippen molar-refractivity contribution in [1.29, 1.82) is 0 Å². The molecule has 2 rings (SSSR count). The third kappa shape index (κ3) is 3.64. The average molecular weight is 271 g/mol. The maximum Gasteiger partial charge on any atom is 0.387 e. The fraction of sp³-hybridized carbons (Fsp3) is 0.571. The van der Waals surface area contributed by atoms with Crippen LogP contribution in [0.1, 0.15) is 25.5 Å². The molecule has 3 atom stereocenters. The van der Waals surface area contributed by atoms with Crippen LogP contribution < -0.4 is 10.1 Å². The molecule has 0 saturated carbocycles. The van der Waals surface area contributed by atoms with Crippen molar-refractivity contribution in [2.24, 2.45) is 5.92 Å². The van der Waals surface area contributed by atoms with E-state index in [1.54, 1.807) is 24.3 Å². The van der Waals surface area contributed by atoms with Crippen molar-refractivity contribution in [3.05, 3.63) is 29.8 Å². The predicted octanol–water partition coefficient (Wildman–Crippen LogP) is 2.97. The summed E-state index contributed by atoms with van der Waals surface area (Å²) in [7, 11) is 0. The summed E-state index contributed by atoms with van der Waals surface area (Å²) in [5.74, 6) is 0.569. The number of rotatable bonds is 3.